The van der Waals surface area contributed by atoms with Crippen LogP contribution in [0.2, 0.25) is 0 Å². The average Bonchev–Trinajstić information content (AvgIpc) is 3.97. The lowest BCUT2D eigenvalue weighted by atomic mass is 10.0. The van der Waals surface area contributed by atoms with Gasteiger partial charge in [0.15, 0.2) is 0 Å². The van der Waals surface area contributed by atoms with Crippen molar-refractivity contribution in [3.63, 3.8) is 0 Å². The molecule has 0 fully saturated rings. The van der Waals surface area contributed by atoms with Gasteiger partial charge < -0.3 is 13.9 Å². The normalized spacial score (nSPS) is 11.8. The minimum atomic E-state index is 0.871. The van der Waals surface area contributed by atoms with E-state index in [0.29, 0.717) is 0 Å². The Kier molecular flexibility index (Phi) is 7.40. The molecule has 12 rings (SSSR count). The molecule has 0 aliphatic carbocycles. The van der Waals surface area contributed by atoms with Crippen LogP contribution < -0.4 is 4.90 Å². The molecule has 0 aliphatic heterocycles. The lowest BCUT2D eigenvalue weighted by Crippen LogP contribution is -2.10. The van der Waals surface area contributed by atoms with Gasteiger partial charge in [0.1, 0.15) is 11.2 Å². The molecule has 0 radical (unpaired) electrons. The highest BCUT2D eigenvalue weighted by Gasteiger charge is 2.20. The molecule has 0 N–H and O–H groups in total. The third-order valence-electron chi connectivity index (χ3n) is 11.6. The summed E-state index contributed by atoms with van der Waals surface area (Å²) in [5.41, 5.74) is 13.3. The Bertz CT molecular complexity index is 3500. The summed E-state index contributed by atoms with van der Waals surface area (Å²) in [5.74, 6) is 0. The Labute approximate surface area is 338 Å². The zero-order valence-corrected chi connectivity index (χ0v) is 32.2. The minimum absolute atomic E-state index is 0.871. The molecule has 0 unspecified atom stereocenters. The lowest BCUT2D eigenvalue weighted by Gasteiger charge is -2.26. The first-order valence-corrected chi connectivity index (χ1v) is 20.5. The van der Waals surface area contributed by atoms with Gasteiger partial charge in [-0.25, -0.2) is 0 Å². The number of benzene rings is 9. The zero-order valence-electron chi connectivity index (χ0n) is 31.3. The van der Waals surface area contributed by atoms with E-state index in [0.717, 1.165) is 50.3 Å². The van der Waals surface area contributed by atoms with E-state index in [1.165, 1.54) is 58.7 Å². The number of hydrogen-bond acceptors (Lipinski definition) is 3. The fourth-order valence-electron chi connectivity index (χ4n) is 8.94. The van der Waals surface area contributed by atoms with Gasteiger partial charge in [-0.2, -0.15) is 0 Å². The van der Waals surface area contributed by atoms with E-state index in [-0.39, 0.29) is 0 Å². The Balaban J connectivity index is 0.992. The second-order valence-corrected chi connectivity index (χ2v) is 15.9. The highest BCUT2D eigenvalue weighted by atomic mass is 32.1. The van der Waals surface area contributed by atoms with Gasteiger partial charge in [-0.05, 0) is 95.1 Å². The van der Waals surface area contributed by atoms with E-state index in [9.17, 15) is 0 Å². The van der Waals surface area contributed by atoms with Crippen molar-refractivity contribution in [1.29, 1.82) is 0 Å². The van der Waals surface area contributed by atoms with Gasteiger partial charge in [0.05, 0.1) is 22.1 Å². The van der Waals surface area contributed by atoms with Crippen LogP contribution in [0.3, 0.4) is 0 Å². The molecule has 3 heterocycles. The predicted molar refractivity (Wildman–Crippen MR) is 247 cm³/mol. The summed E-state index contributed by atoms with van der Waals surface area (Å²) in [4.78, 5) is 2.37. The van der Waals surface area contributed by atoms with Gasteiger partial charge in [0, 0.05) is 53.4 Å². The van der Waals surface area contributed by atoms with Crippen molar-refractivity contribution < 1.29 is 4.42 Å². The van der Waals surface area contributed by atoms with Crippen molar-refractivity contribution in [3.8, 4) is 27.9 Å². The number of rotatable bonds is 6. The number of fused-ring (bicyclic) bond motifs is 9. The quantitative estimate of drug-likeness (QED) is 0.168. The van der Waals surface area contributed by atoms with E-state index in [1.807, 2.05) is 17.4 Å². The van der Waals surface area contributed by atoms with Gasteiger partial charge in [0.25, 0.3) is 0 Å². The van der Waals surface area contributed by atoms with Crippen LogP contribution in [0.5, 0.6) is 0 Å². The van der Waals surface area contributed by atoms with Gasteiger partial charge in [-0.1, -0.05) is 133 Å². The zero-order chi connectivity index (χ0) is 38.2. The first-order chi connectivity index (χ1) is 28.8. The average molecular weight is 759 g/mol. The highest BCUT2D eigenvalue weighted by Crippen LogP contribution is 2.45. The minimum Gasteiger partial charge on any atom is -0.456 e. The maximum absolute atomic E-state index is 6.41. The van der Waals surface area contributed by atoms with Crippen molar-refractivity contribution in [1.82, 2.24) is 4.57 Å². The topological polar surface area (TPSA) is 21.3 Å². The Hall–Kier alpha value is -7.40. The summed E-state index contributed by atoms with van der Waals surface area (Å²) in [6.45, 7) is 0. The molecule has 3 nitrogen and oxygen atoms in total. The second-order valence-electron chi connectivity index (χ2n) is 14.9. The lowest BCUT2D eigenvalue weighted by molar-refractivity contribution is 0.669. The summed E-state index contributed by atoms with van der Waals surface area (Å²) in [5, 5.41) is 7.33. The monoisotopic (exact) mass is 758 g/mol. The van der Waals surface area contributed by atoms with Crippen LogP contribution in [0, 0.1) is 0 Å². The number of furan rings is 1. The smallest absolute Gasteiger partial charge is 0.137 e. The molecule has 3 aromatic heterocycles. The predicted octanol–water partition coefficient (Wildman–Crippen LogP) is 15.9. The molecule has 0 amide bonds. The van der Waals surface area contributed by atoms with Crippen molar-refractivity contribution in [2.75, 3.05) is 4.90 Å². The second kappa shape index (κ2) is 13.1. The summed E-state index contributed by atoms with van der Waals surface area (Å²) >= 11 is 1.87. The molecule has 0 atom stereocenters. The van der Waals surface area contributed by atoms with Crippen molar-refractivity contribution >= 4 is 92.3 Å². The fourth-order valence-corrected chi connectivity index (χ4v) is 10.2. The molecule has 0 aliphatic rings. The number of para-hydroxylation sites is 3. The highest BCUT2D eigenvalue weighted by molar-refractivity contribution is 7.26. The van der Waals surface area contributed by atoms with Crippen molar-refractivity contribution in [2.45, 2.75) is 0 Å². The van der Waals surface area contributed by atoms with Gasteiger partial charge in [0.2, 0.25) is 0 Å². The molecule has 272 valence electrons. The molecule has 0 saturated heterocycles. The summed E-state index contributed by atoms with van der Waals surface area (Å²) in [6.07, 6.45) is 0. The molecule has 12 aromatic rings. The van der Waals surface area contributed by atoms with Crippen LogP contribution in [-0.4, -0.2) is 4.57 Å². The number of nitrogens with zero attached hydrogens (tertiary/aromatic N) is 2. The van der Waals surface area contributed by atoms with E-state index in [4.69, 9.17) is 4.42 Å². The van der Waals surface area contributed by atoms with Gasteiger partial charge in [-0.3, -0.25) is 0 Å². The third-order valence-corrected chi connectivity index (χ3v) is 12.8. The van der Waals surface area contributed by atoms with Gasteiger partial charge in [-0.15, -0.1) is 11.3 Å². The van der Waals surface area contributed by atoms with Crippen LogP contribution in [0.15, 0.2) is 211 Å². The van der Waals surface area contributed by atoms with E-state index < -0.39 is 0 Å². The summed E-state index contributed by atoms with van der Waals surface area (Å²) < 4.78 is 11.4. The van der Waals surface area contributed by atoms with Crippen LogP contribution in [0.1, 0.15) is 0 Å². The summed E-state index contributed by atoms with van der Waals surface area (Å²) in [6, 6.07) is 74.4. The standard InChI is InChI=1S/C54H34N2OS/c1-2-12-38(13-3-1)56-47-19-7-4-14-42(47)43-33-28-37(34-49(43)56)35-24-29-39(30-25-35)55(48-20-11-22-51-53(48)46-16-5-8-21-50(46)57-51)40-31-26-36(27-32-40)41-17-10-18-45-44-15-6-9-23-52(44)58-54(41)45/h1-34H. The number of aromatic nitrogens is 1. The fraction of sp³-hybridized carbons (Fsp3) is 0. The Morgan fingerprint density at radius 2 is 1.03 bits per heavy atom. The van der Waals surface area contributed by atoms with Crippen LogP contribution in [0.4, 0.5) is 17.1 Å². The van der Waals surface area contributed by atoms with E-state index >= 15 is 0 Å². The largest absolute Gasteiger partial charge is 0.456 e. The first kappa shape index (κ1) is 32.8. The number of hydrogen-bond donors (Lipinski definition) is 0. The maximum atomic E-state index is 6.41. The maximum Gasteiger partial charge on any atom is 0.137 e. The van der Waals surface area contributed by atoms with Crippen LogP contribution >= 0.6 is 11.3 Å². The van der Waals surface area contributed by atoms with Crippen molar-refractivity contribution in [2.24, 2.45) is 0 Å². The molecule has 0 spiro atoms. The Morgan fingerprint density at radius 3 is 1.86 bits per heavy atom. The molecule has 9 aromatic carbocycles. The molecule has 58 heavy (non-hydrogen) atoms. The first-order valence-electron chi connectivity index (χ1n) is 19.7. The molecule has 0 bridgehead atoms. The van der Waals surface area contributed by atoms with Gasteiger partial charge >= 0.3 is 0 Å². The Morgan fingerprint density at radius 1 is 0.414 bits per heavy atom. The molecule has 0 saturated carbocycles. The SMILES string of the molecule is c1ccc(-n2c3ccccc3c3ccc(-c4ccc(N(c5ccc(-c6cccc7c6sc6ccccc67)cc5)c5cccc6oc7ccccc7c56)cc4)cc32)cc1. The number of thiophene rings is 1. The van der Waals surface area contributed by atoms with E-state index in [2.05, 4.69) is 210 Å². The van der Waals surface area contributed by atoms with Crippen molar-refractivity contribution in [3.05, 3.63) is 206 Å². The van der Waals surface area contributed by atoms with Crippen LogP contribution in [0.25, 0.3) is 91.9 Å². The van der Waals surface area contributed by atoms with E-state index in [1.54, 1.807) is 0 Å². The third kappa shape index (κ3) is 5.12. The molecular formula is C54H34N2OS. The molecular weight excluding hydrogens is 725 g/mol. The number of anilines is 3. The molecule has 4 heteroatoms. The van der Waals surface area contributed by atoms with Crippen LogP contribution in [-0.2, 0) is 0 Å². The summed E-state index contributed by atoms with van der Waals surface area (Å²) in [7, 11) is 0.